The highest BCUT2D eigenvalue weighted by atomic mass is 16.2. The van der Waals surface area contributed by atoms with Crippen LogP contribution in [-0.4, -0.2) is 41.9 Å². The molecule has 0 saturated carbocycles. The lowest BCUT2D eigenvalue weighted by Crippen LogP contribution is -2.40. The van der Waals surface area contributed by atoms with Crippen molar-refractivity contribution in [2.75, 3.05) is 26.2 Å². The molecule has 2 heterocycles. The van der Waals surface area contributed by atoms with E-state index in [-0.39, 0.29) is 11.8 Å². The van der Waals surface area contributed by atoms with Crippen LogP contribution in [0, 0.1) is 5.92 Å². The molecule has 0 N–H and O–H groups in total. The van der Waals surface area contributed by atoms with Crippen LogP contribution in [0.15, 0.2) is 23.4 Å². The zero-order valence-corrected chi connectivity index (χ0v) is 12.5. The van der Waals surface area contributed by atoms with Gasteiger partial charge >= 0.3 is 0 Å². The maximum atomic E-state index is 12.4. The summed E-state index contributed by atoms with van der Waals surface area (Å²) in [7, 11) is 0. The molecule has 3 heteroatoms. The predicted octanol–water partition coefficient (Wildman–Crippen LogP) is 2.80. The Balaban J connectivity index is 1.97. The monoisotopic (exact) mass is 262 g/mol. The van der Waals surface area contributed by atoms with Crippen molar-refractivity contribution >= 4 is 5.91 Å². The quantitative estimate of drug-likeness (QED) is 0.781. The van der Waals surface area contributed by atoms with E-state index in [1.165, 1.54) is 37.9 Å². The molecule has 3 nitrogen and oxygen atoms in total. The Morgan fingerprint density at radius 1 is 1.16 bits per heavy atom. The van der Waals surface area contributed by atoms with Gasteiger partial charge in [-0.15, -0.1) is 0 Å². The van der Waals surface area contributed by atoms with E-state index in [1.54, 1.807) is 0 Å². The van der Waals surface area contributed by atoms with E-state index in [1.807, 2.05) is 18.7 Å². The van der Waals surface area contributed by atoms with E-state index >= 15 is 0 Å². The Bertz CT molecular complexity index is 392. The molecule has 1 atom stereocenters. The number of carbonyl (C=O) groups excluding carboxylic acids is 1. The Morgan fingerprint density at radius 2 is 1.84 bits per heavy atom. The highest BCUT2D eigenvalue weighted by molar-refractivity contribution is 5.82. The summed E-state index contributed by atoms with van der Waals surface area (Å²) in [4.78, 5) is 16.8. The fourth-order valence-electron chi connectivity index (χ4n) is 3.05. The third-order valence-corrected chi connectivity index (χ3v) is 4.12. The van der Waals surface area contributed by atoms with Crippen LogP contribution in [-0.2, 0) is 4.79 Å². The fraction of sp³-hybridized carbons (Fsp3) is 0.688. The van der Waals surface area contributed by atoms with Crippen molar-refractivity contribution in [1.82, 2.24) is 9.80 Å². The second-order valence-corrected chi connectivity index (χ2v) is 5.88. The number of rotatable bonds is 3. The Labute approximate surface area is 117 Å². The van der Waals surface area contributed by atoms with Crippen molar-refractivity contribution in [3.63, 3.8) is 0 Å². The molecule has 0 aliphatic carbocycles. The van der Waals surface area contributed by atoms with Crippen molar-refractivity contribution < 1.29 is 4.79 Å². The number of likely N-dealkylation sites (tertiary alicyclic amines) is 1. The van der Waals surface area contributed by atoms with E-state index in [2.05, 4.69) is 24.0 Å². The van der Waals surface area contributed by atoms with Crippen LogP contribution in [0.1, 0.15) is 40.0 Å². The Hall–Kier alpha value is -1.09. The van der Waals surface area contributed by atoms with E-state index in [0.29, 0.717) is 0 Å². The molecule has 1 fully saturated rings. The first-order valence-electron chi connectivity index (χ1n) is 7.48. The van der Waals surface area contributed by atoms with Gasteiger partial charge in [-0.05, 0) is 45.9 Å². The SMILES string of the molecule is CC1=CC(C)C(=O)N(CCN2CCCCC2)C(C)=C1. The lowest BCUT2D eigenvalue weighted by atomic mass is 10.1. The molecule has 1 unspecified atom stereocenters. The second kappa shape index (κ2) is 6.38. The molecule has 2 rings (SSSR count). The van der Waals surface area contributed by atoms with Crippen molar-refractivity contribution in [1.29, 1.82) is 0 Å². The van der Waals surface area contributed by atoms with Gasteiger partial charge in [-0.3, -0.25) is 4.79 Å². The number of hydrogen-bond donors (Lipinski definition) is 0. The summed E-state index contributed by atoms with van der Waals surface area (Å²) in [6.07, 6.45) is 8.15. The summed E-state index contributed by atoms with van der Waals surface area (Å²) >= 11 is 0. The summed E-state index contributed by atoms with van der Waals surface area (Å²) < 4.78 is 0. The molecule has 19 heavy (non-hydrogen) atoms. The molecule has 1 amide bonds. The number of nitrogens with zero attached hydrogens (tertiary/aromatic N) is 2. The third-order valence-electron chi connectivity index (χ3n) is 4.12. The van der Waals surface area contributed by atoms with Crippen molar-refractivity contribution in [3.8, 4) is 0 Å². The van der Waals surface area contributed by atoms with Gasteiger partial charge in [-0.25, -0.2) is 0 Å². The minimum Gasteiger partial charge on any atom is -0.315 e. The maximum Gasteiger partial charge on any atom is 0.233 e. The summed E-state index contributed by atoms with van der Waals surface area (Å²) in [6.45, 7) is 10.3. The van der Waals surface area contributed by atoms with E-state index in [0.717, 1.165) is 18.8 Å². The van der Waals surface area contributed by atoms with Gasteiger partial charge < -0.3 is 9.80 Å². The third kappa shape index (κ3) is 3.69. The first-order valence-corrected chi connectivity index (χ1v) is 7.48. The molecule has 0 bridgehead atoms. The molecule has 2 aliphatic heterocycles. The zero-order valence-electron chi connectivity index (χ0n) is 12.5. The summed E-state index contributed by atoms with van der Waals surface area (Å²) in [5, 5.41) is 0. The first-order chi connectivity index (χ1) is 9.08. The molecule has 0 aromatic rings. The van der Waals surface area contributed by atoms with Crippen molar-refractivity contribution in [2.45, 2.75) is 40.0 Å². The second-order valence-electron chi connectivity index (χ2n) is 5.88. The number of hydrogen-bond acceptors (Lipinski definition) is 2. The molecule has 106 valence electrons. The van der Waals surface area contributed by atoms with Gasteiger partial charge in [-0.1, -0.05) is 25.0 Å². The Kier molecular flexibility index (Phi) is 4.81. The van der Waals surface area contributed by atoms with Gasteiger partial charge in [-0.2, -0.15) is 0 Å². The van der Waals surface area contributed by atoms with Gasteiger partial charge in [0.25, 0.3) is 0 Å². The lowest BCUT2D eigenvalue weighted by molar-refractivity contribution is -0.131. The Morgan fingerprint density at radius 3 is 2.53 bits per heavy atom. The van der Waals surface area contributed by atoms with Crippen molar-refractivity contribution in [2.24, 2.45) is 5.92 Å². The molecule has 0 aromatic heterocycles. The molecular weight excluding hydrogens is 236 g/mol. The van der Waals surface area contributed by atoms with Gasteiger partial charge in [0.1, 0.15) is 0 Å². The van der Waals surface area contributed by atoms with Gasteiger partial charge in [0.2, 0.25) is 5.91 Å². The van der Waals surface area contributed by atoms with Crippen LogP contribution in [0.25, 0.3) is 0 Å². The fourth-order valence-corrected chi connectivity index (χ4v) is 3.05. The highest BCUT2D eigenvalue weighted by Crippen LogP contribution is 2.19. The van der Waals surface area contributed by atoms with Crippen molar-refractivity contribution in [3.05, 3.63) is 23.4 Å². The van der Waals surface area contributed by atoms with Crippen LogP contribution in [0.3, 0.4) is 0 Å². The van der Waals surface area contributed by atoms with Crippen LogP contribution in [0.5, 0.6) is 0 Å². The normalized spacial score (nSPS) is 25.9. The molecule has 0 radical (unpaired) electrons. The maximum absolute atomic E-state index is 12.4. The zero-order chi connectivity index (χ0) is 13.8. The summed E-state index contributed by atoms with van der Waals surface area (Å²) in [6, 6.07) is 0. The van der Waals surface area contributed by atoms with Gasteiger partial charge in [0.15, 0.2) is 0 Å². The van der Waals surface area contributed by atoms with Crippen LogP contribution >= 0.6 is 0 Å². The number of amides is 1. The predicted molar refractivity (Wildman–Crippen MR) is 78.7 cm³/mol. The molecule has 2 aliphatic rings. The minimum atomic E-state index is -0.00458. The molecule has 1 saturated heterocycles. The summed E-state index contributed by atoms with van der Waals surface area (Å²) in [5.74, 6) is 0.234. The van der Waals surface area contributed by atoms with Crippen LogP contribution < -0.4 is 0 Å². The highest BCUT2D eigenvalue weighted by Gasteiger charge is 2.23. The topological polar surface area (TPSA) is 23.6 Å². The van der Waals surface area contributed by atoms with Gasteiger partial charge in [0, 0.05) is 18.8 Å². The number of allylic oxidation sites excluding steroid dienone is 3. The molecule has 0 spiro atoms. The molecule has 0 aromatic carbocycles. The smallest absolute Gasteiger partial charge is 0.233 e. The average Bonchev–Trinajstić information content (AvgIpc) is 2.47. The number of piperidine rings is 1. The first kappa shape index (κ1) is 14.3. The van der Waals surface area contributed by atoms with E-state index in [9.17, 15) is 4.79 Å². The van der Waals surface area contributed by atoms with Crippen LogP contribution in [0.4, 0.5) is 0 Å². The molecular formula is C16H26N2O. The van der Waals surface area contributed by atoms with E-state index in [4.69, 9.17) is 0 Å². The lowest BCUT2D eigenvalue weighted by Gasteiger charge is -2.30. The van der Waals surface area contributed by atoms with Gasteiger partial charge in [0.05, 0.1) is 5.92 Å². The largest absolute Gasteiger partial charge is 0.315 e. The summed E-state index contributed by atoms with van der Waals surface area (Å²) in [5.41, 5.74) is 2.28. The number of carbonyl (C=O) groups is 1. The van der Waals surface area contributed by atoms with E-state index < -0.39 is 0 Å². The average molecular weight is 262 g/mol. The van der Waals surface area contributed by atoms with Crippen LogP contribution in [0.2, 0.25) is 0 Å². The standard InChI is InChI=1S/C16H26N2O/c1-13-11-14(2)16(19)18(15(3)12-13)10-9-17-7-5-4-6-8-17/h11-12,14H,4-10H2,1-3H3. The minimum absolute atomic E-state index is 0.00458.